The Hall–Kier alpha value is -1.20. The Balaban J connectivity index is 2.95. The van der Waals surface area contributed by atoms with Crippen LogP contribution in [0.1, 0.15) is 26.2 Å². The van der Waals surface area contributed by atoms with E-state index in [2.05, 4.69) is 4.74 Å². The minimum atomic E-state index is -4.39. The normalized spacial score (nSPS) is 26.8. The zero-order valence-corrected chi connectivity index (χ0v) is 9.02. The molecule has 0 spiro atoms. The highest BCUT2D eigenvalue weighted by Gasteiger charge is 2.53. The zero-order valence-electron chi connectivity index (χ0n) is 9.02. The maximum absolute atomic E-state index is 12.7. The maximum Gasteiger partial charge on any atom is 0.394 e. The van der Waals surface area contributed by atoms with E-state index in [0.717, 1.165) is 14.0 Å². The van der Waals surface area contributed by atoms with E-state index in [4.69, 9.17) is 0 Å². The number of hydrogen-bond acceptors (Lipinski definition) is 3. The Labute approximate surface area is 90.9 Å². The van der Waals surface area contributed by atoms with Gasteiger partial charge in [-0.2, -0.15) is 13.2 Å². The molecule has 0 aliphatic heterocycles. The molecular formula is C10H13F3O3. The standard InChI is InChI=1S/C10H13F3O3/c1-9(10(11,12)13)4-3-6(7(14)5-9)8(15)16-2/h14H,3-5H2,1-2H3/t9-/m1/s1. The first-order valence-corrected chi connectivity index (χ1v) is 4.77. The summed E-state index contributed by atoms with van der Waals surface area (Å²) in [7, 11) is 1.13. The van der Waals surface area contributed by atoms with Crippen LogP contribution in [0, 0.1) is 5.41 Å². The Morgan fingerprint density at radius 3 is 2.44 bits per heavy atom. The van der Waals surface area contributed by atoms with E-state index in [0.29, 0.717) is 0 Å². The molecule has 0 heterocycles. The number of alkyl halides is 3. The summed E-state index contributed by atoms with van der Waals surface area (Å²) in [6.07, 6.45) is -5.29. The highest BCUT2D eigenvalue weighted by atomic mass is 19.4. The molecule has 1 atom stereocenters. The average molecular weight is 238 g/mol. The van der Waals surface area contributed by atoms with Gasteiger partial charge < -0.3 is 9.84 Å². The van der Waals surface area contributed by atoms with Crippen molar-refractivity contribution in [3.05, 3.63) is 11.3 Å². The fraction of sp³-hybridized carbons (Fsp3) is 0.700. The monoisotopic (exact) mass is 238 g/mol. The van der Waals surface area contributed by atoms with Gasteiger partial charge in [0.15, 0.2) is 0 Å². The van der Waals surface area contributed by atoms with Crippen LogP contribution in [-0.2, 0) is 9.53 Å². The smallest absolute Gasteiger partial charge is 0.394 e. The van der Waals surface area contributed by atoms with Gasteiger partial charge in [-0.25, -0.2) is 4.79 Å². The van der Waals surface area contributed by atoms with E-state index in [1.165, 1.54) is 0 Å². The summed E-state index contributed by atoms with van der Waals surface area (Å²) in [6, 6.07) is 0. The number of esters is 1. The molecule has 0 saturated heterocycles. The molecular weight excluding hydrogens is 225 g/mol. The number of hydrogen-bond donors (Lipinski definition) is 1. The van der Waals surface area contributed by atoms with E-state index in [-0.39, 0.29) is 18.4 Å². The second-order valence-corrected chi connectivity index (χ2v) is 4.15. The molecule has 0 aromatic carbocycles. The molecule has 0 amide bonds. The van der Waals surface area contributed by atoms with E-state index in [1.807, 2.05) is 0 Å². The molecule has 0 aromatic rings. The number of methoxy groups -OCH3 is 1. The Morgan fingerprint density at radius 2 is 2.06 bits per heavy atom. The van der Waals surface area contributed by atoms with Crippen LogP contribution < -0.4 is 0 Å². The van der Waals surface area contributed by atoms with Crippen molar-refractivity contribution in [3.63, 3.8) is 0 Å². The van der Waals surface area contributed by atoms with Gasteiger partial charge in [-0.3, -0.25) is 0 Å². The quantitative estimate of drug-likeness (QED) is 0.714. The summed E-state index contributed by atoms with van der Waals surface area (Å²) in [5.74, 6) is -1.28. The van der Waals surface area contributed by atoms with Crippen molar-refractivity contribution in [2.75, 3.05) is 7.11 Å². The Kier molecular flexibility index (Phi) is 3.21. The summed E-state index contributed by atoms with van der Waals surface area (Å²) in [5, 5.41) is 9.45. The van der Waals surface area contributed by atoms with Crippen LogP contribution in [-0.4, -0.2) is 24.4 Å². The molecule has 1 rings (SSSR count). The summed E-state index contributed by atoms with van der Waals surface area (Å²) in [5.41, 5.74) is -2.02. The molecule has 0 saturated carbocycles. The SMILES string of the molecule is COC(=O)C1=C(O)C[C@](C)(C(F)(F)F)CC1. The lowest BCUT2D eigenvalue weighted by molar-refractivity contribution is -0.223. The van der Waals surface area contributed by atoms with Crippen LogP contribution in [0.15, 0.2) is 11.3 Å². The summed E-state index contributed by atoms with van der Waals surface area (Å²) < 4.78 is 42.4. The van der Waals surface area contributed by atoms with Gasteiger partial charge in [0.2, 0.25) is 0 Å². The fourth-order valence-corrected chi connectivity index (χ4v) is 1.69. The van der Waals surface area contributed by atoms with Crippen LogP contribution in [0.25, 0.3) is 0 Å². The lowest BCUT2D eigenvalue weighted by Gasteiger charge is -2.35. The number of allylic oxidation sites excluding steroid dienone is 1. The molecule has 0 radical (unpaired) electrons. The first-order chi connectivity index (χ1) is 7.21. The molecule has 0 unspecified atom stereocenters. The van der Waals surface area contributed by atoms with E-state index in [9.17, 15) is 23.1 Å². The highest BCUT2D eigenvalue weighted by Crippen LogP contribution is 2.49. The summed E-state index contributed by atoms with van der Waals surface area (Å²) >= 11 is 0. The molecule has 1 aliphatic carbocycles. The lowest BCUT2D eigenvalue weighted by Crippen LogP contribution is -2.38. The molecule has 6 heteroatoms. The molecule has 3 nitrogen and oxygen atoms in total. The minimum Gasteiger partial charge on any atom is -0.512 e. The Morgan fingerprint density at radius 1 is 1.50 bits per heavy atom. The zero-order chi connectivity index (χ0) is 12.6. The second kappa shape index (κ2) is 3.99. The van der Waals surface area contributed by atoms with Crippen molar-refractivity contribution >= 4 is 5.97 Å². The van der Waals surface area contributed by atoms with Crippen molar-refractivity contribution < 1.29 is 27.8 Å². The number of aliphatic hydroxyl groups excluding tert-OH is 1. The summed E-state index contributed by atoms with van der Waals surface area (Å²) in [6.45, 7) is 1.04. The predicted octanol–water partition coefficient (Wildman–Crippen LogP) is 2.72. The fourth-order valence-electron chi connectivity index (χ4n) is 1.69. The largest absolute Gasteiger partial charge is 0.512 e. The number of ether oxygens (including phenoxy) is 1. The minimum absolute atomic E-state index is 0.0516. The second-order valence-electron chi connectivity index (χ2n) is 4.15. The van der Waals surface area contributed by atoms with Gasteiger partial charge in [-0.15, -0.1) is 0 Å². The topological polar surface area (TPSA) is 46.5 Å². The van der Waals surface area contributed by atoms with Gasteiger partial charge in [0.1, 0.15) is 5.76 Å². The van der Waals surface area contributed by atoms with Gasteiger partial charge in [0.25, 0.3) is 0 Å². The molecule has 92 valence electrons. The van der Waals surface area contributed by atoms with Crippen molar-refractivity contribution in [1.29, 1.82) is 0 Å². The predicted molar refractivity (Wildman–Crippen MR) is 49.7 cm³/mol. The third kappa shape index (κ3) is 2.15. The third-order valence-electron chi connectivity index (χ3n) is 2.95. The van der Waals surface area contributed by atoms with Crippen molar-refractivity contribution in [2.24, 2.45) is 5.41 Å². The van der Waals surface area contributed by atoms with E-state index < -0.39 is 29.7 Å². The van der Waals surface area contributed by atoms with Gasteiger partial charge in [-0.05, 0) is 12.8 Å². The van der Waals surface area contributed by atoms with Crippen molar-refractivity contribution in [3.8, 4) is 0 Å². The highest BCUT2D eigenvalue weighted by molar-refractivity contribution is 5.89. The molecule has 0 fully saturated rings. The third-order valence-corrected chi connectivity index (χ3v) is 2.95. The first kappa shape index (κ1) is 12.9. The van der Waals surface area contributed by atoms with Crippen molar-refractivity contribution in [2.45, 2.75) is 32.4 Å². The van der Waals surface area contributed by atoms with Gasteiger partial charge in [0.05, 0.1) is 18.1 Å². The maximum atomic E-state index is 12.7. The van der Waals surface area contributed by atoms with Crippen LogP contribution >= 0.6 is 0 Å². The number of carbonyl (C=O) groups excluding carboxylic acids is 1. The molecule has 1 aliphatic rings. The lowest BCUT2D eigenvalue weighted by atomic mass is 9.75. The van der Waals surface area contributed by atoms with Crippen LogP contribution in [0.2, 0.25) is 0 Å². The van der Waals surface area contributed by atoms with E-state index in [1.54, 1.807) is 0 Å². The first-order valence-electron chi connectivity index (χ1n) is 4.77. The number of halogens is 3. The van der Waals surface area contributed by atoms with Gasteiger partial charge in [0, 0.05) is 6.42 Å². The molecule has 0 aromatic heterocycles. The van der Waals surface area contributed by atoms with Gasteiger partial charge in [-0.1, -0.05) is 6.92 Å². The van der Waals surface area contributed by atoms with Crippen LogP contribution in [0.4, 0.5) is 13.2 Å². The molecule has 16 heavy (non-hydrogen) atoms. The number of aliphatic hydroxyl groups is 1. The summed E-state index contributed by atoms with van der Waals surface area (Å²) in [4.78, 5) is 11.1. The van der Waals surface area contributed by atoms with Gasteiger partial charge >= 0.3 is 12.1 Å². The number of rotatable bonds is 1. The van der Waals surface area contributed by atoms with Crippen LogP contribution in [0.5, 0.6) is 0 Å². The Bertz CT molecular complexity index is 333. The average Bonchev–Trinajstić information content (AvgIpc) is 2.15. The molecule has 0 bridgehead atoms. The van der Waals surface area contributed by atoms with Crippen LogP contribution in [0.3, 0.4) is 0 Å². The molecule has 1 N–H and O–H groups in total. The van der Waals surface area contributed by atoms with E-state index >= 15 is 0 Å². The van der Waals surface area contributed by atoms with Crippen molar-refractivity contribution in [1.82, 2.24) is 0 Å². The number of carbonyl (C=O) groups is 1.